The van der Waals surface area contributed by atoms with E-state index in [9.17, 15) is 9.59 Å². The van der Waals surface area contributed by atoms with Crippen LogP contribution in [0.3, 0.4) is 0 Å². The van der Waals surface area contributed by atoms with E-state index in [1.54, 1.807) is 37.4 Å². The molecule has 2 rings (SSSR count). The maximum Gasteiger partial charge on any atom is 0.306 e. The Bertz CT molecular complexity index is 713. The predicted molar refractivity (Wildman–Crippen MR) is 90.3 cm³/mol. The Kier molecular flexibility index (Phi) is 5.89. The van der Waals surface area contributed by atoms with E-state index in [4.69, 9.17) is 9.84 Å². The zero-order chi connectivity index (χ0) is 17.5. The first-order chi connectivity index (χ1) is 11.5. The van der Waals surface area contributed by atoms with Crippen LogP contribution < -0.4 is 10.1 Å². The van der Waals surface area contributed by atoms with Crippen molar-refractivity contribution < 1.29 is 19.4 Å². The Morgan fingerprint density at radius 3 is 2.58 bits per heavy atom. The van der Waals surface area contributed by atoms with Gasteiger partial charge in [-0.1, -0.05) is 19.1 Å². The van der Waals surface area contributed by atoms with Crippen LogP contribution in [0.1, 0.15) is 29.8 Å². The highest BCUT2D eigenvalue weighted by Gasteiger charge is 2.14. The molecule has 1 aromatic carbocycles. The third-order valence-electron chi connectivity index (χ3n) is 3.47. The molecule has 0 fully saturated rings. The summed E-state index contributed by atoms with van der Waals surface area (Å²) in [5.74, 6) is -1.29. The Hall–Kier alpha value is -2.89. The van der Waals surface area contributed by atoms with Crippen molar-refractivity contribution in [1.29, 1.82) is 0 Å². The van der Waals surface area contributed by atoms with Crippen LogP contribution in [-0.4, -0.2) is 28.6 Å². The number of ether oxygens (including phenoxy) is 1. The van der Waals surface area contributed by atoms with Gasteiger partial charge in [0.1, 0.15) is 5.56 Å². The number of carboxylic acid groups (broad SMARTS) is 1. The van der Waals surface area contributed by atoms with E-state index in [1.165, 1.54) is 0 Å². The molecule has 0 saturated carbocycles. The van der Waals surface area contributed by atoms with Gasteiger partial charge in [-0.05, 0) is 43.2 Å². The quantitative estimate of drug-likeness (QED) is 0.815. The normalized spacial score (nSPS) is 11.6. The van der Waals surface area contributed by atoms with E-state index in [0.29, 0.717) is 30.2 Å². The lowest BCUT2D eigenvalue weighted by Gasteiger charge is -2.10. The number of benzene rings is 1. The van der Waals surface area contributed by atoms with Crippen molar-refractivity contribution in [3.05, 3.63) is 53.7 Å². The zero-order valence-corrected chi connectivity index (χ0v) is 13.7. The Morgan fingerprint density at radius 1 is 1.25 bits per heavy atom. The number of anilines is 1. The first-order valence-electron chi connectivity index (χ1n) is 7.72. The van der Waals surface area contributed by atoms with Crippen LogP contribution in [0, 0.1) is 5.92 Å². The molecule has 0 aliphatic carbocycles. The van der Waals surface area contributed by atoms with Gasteiger partial charge in [-0.15, -0.1) is 0 Å². The molecule has 1 aromatic heterocycles. The SMILES string of the molecule is CCOc1ncccc1C(=O)Nc1ccc(CC(C)C(=O)O)cc1. The number of hydrogen-bond donors (Lipinski definition) is 2. The van der Waals surface area contributed by atoms with Crippen LogP contribution in [0.5, 0.6) is 5.88 Å². The Labute approximate surface area is 140 Å². The van der Waals surface area contributed by atoms with Gasteiger partial charge in [0.15, 0.2) is 0 Å². The summed E-state index contributed by atoms with van der Waals surface area (Å²) in [7, 11) is 0. The van der Waals surface area contributed by atoms with E-state index >= 15 is 0 Å². The summed E-state index contributed by atoms with van der Waals surface area (Å²) in [4.78, 5) is 27.3. The van der Waals surface area contributed by atoms with Crippen molar-refractivity contribution in [1.82, 2.24) is 4.98 Å². The van der Waals surface area contributed by atoms with Crippen molar-refractivity contribution in [3.63, 3.8) is 0 Å². The van der Waals surface area contributed by atoms with E-state index in [0.717, 1.165) is 5.56 Å². The molecule has 0 spiro atoms. The number of nitrogens with zero attached hydrogens (tertiary/aromatic N) is 1. The fraction of sp³-hybridized carbons (Fsp3) is 0.278. The zero-order valence-electron chi connectivity index (χ0n) is 13.7. The van der Waals surface area contributed by atoms with Gasteiger partial charge in [-0.2, -0.15) is 0 Å². The van der Waals surface area contributed by atoms with Gasteiger partial charge in [-0.25, -0.2) is 4.98 Å². The highest BCUT2D eigenvalue weighted by Crippen LogP contribution is 2.18. The van der Waals surface area contributed by atoms with Crippen molar-refractivity contribution >= 4 is 17.6 Å². The summed E-state index contributed by atoms with van der Waals surface area (Å²) in [5.41, 5.74) is 1.89. The number of aliphatic carboxylic acids is 1. The summed E-state index contributed by atoms with van der Waals surface area (Å²) in [5, 5.41) is 11.7. The minimum absolute atomic E-state index is 0.296. The van der Waals surface area contributed by atoms with E-state index in [1.807, 2.05) is 19.1 Å². The third kappa shape index (κ3) is 4.55. The summed E-state index contributed by atoms with van der Waals surface area (Å²) < 4.78 is 5.35. The topological polar surface area (TPSA) is 88.5 Å². The fourth-order valence-corrected chi connectivity index (χ4v) is 2.18. The lowest BCUT2D eigenvalue weighted by atomic mass is 10.0. The maximum absolute atomic E-state index is 12.4. The molecular weight excluding hydrogens is 308 g/mol. The van der Waals surface area contributed by atoms with Crippen LogP contribution in [0.4, 0.5) is 5.69 Å². The molecule has 6 heteroatoms. The van der Waals surface area contributed by atoms with Crippen LogP contribution in [-0.2, 0) is 11.2 Å². The number of rotatable bonds is 7. The molecule has 0 aliphatic rings. The van der Waals surface area contributed by atoms with Gasteiger partial charge in [0, 0.05) is 11.9 Å². The lowest BCUT2D eigenvalue weighted by Crippen LogP contribution is -2.15. The molecular formula is C18H20N2O4. The summed E-state index contributed by atoms with van der Waals surface area (Å²) in [6.45, 7) is 3.91. The van der Waals surface area contributed by atoms with Gasteiger partial charge in [0.05, 0.1) is 12.5 Å². The summed E-state index contributed by atoms with van der Waals surface area (Å²) in [6.07, 6.45) is 2.01. The van der Waals surface area contributed by atoms with Crippen molar-refractivity contribution in [2.45, 2.75) is 20.3 Å². The molecule has 24 heavy (non-hydrogen) atoms. The molecule has 0 aliphatic heterocycles. The predicted octanol–water partition coefficient (Wildman–Crippen LogP) is 3.00. The first-order valence-corrected chi connectivity index (χ1v) is 7.72. The number of carbonyl (C=O) groups is 2. The second-order valence-corrected chi connectivity index (χ2v) is 5.38. The Balaban J connectivity index is 2.06. The molecule has 6 nitrogen and oxygen atoms in total. The van der Waals surface area contributed by atoms with E-state index in [-0.39, 0.29) is 5.91 Å². The molecule has 126 valence electrons. The molecule has 0 saturated heterocycles. The minimum atomic E-state index is -0.826. The van der Waals surface area contributed by atoms with Gasteiger partial charge in [0.2, 0.25) is 5.88 Å². The first kappa shape index (κ1) is 17.5. The molecule has 2 N–H and O–H groups in total. The number of carboxylic acids is 1. The number of carbonyl (C=O) groups excluding carboxylic acids is 1. The standard InChI is InChI=1S/C18H20N2O4/c1-3-24-17-15(5-4-10-19-17)16(21)20-14-8-6-13(7-9-14)11-12(2)18(22)23/h4-10,12H,3,11H2,1-2H3,(H,20,21)(H,22,23). The van der Waals surface area contributed by atoms with Crippen LogP contribution in [0.25, 0.3) is 0 Å². The molecule has 1 unspecified atom stereocenters. The van der Waals surface area contributed by atoms with Crippen LogP contribution in [0.15, 0.2) is 42.6 Å². The molecule has 1 heterocycles. The highest BCUT2D eigenvalue weighted by molar-refractivity contribution is 6.05. The minimum Gasteiger partial charge on any atom is -0.481 e. The van der Waals surface area contributed by atoms with Crippen LogP contribution >= 0.6 is 0 Å². The average Bonchev–Trinajstić information content (AvgIpc) is 2.57. The second-order valence-electron chi connectivity index (χ2n) is 5.38. The number of amides is 1. The molecule has 1 amide bonds. The molecule has 1 atom stereocenters. The number of aromatic nitrogens is 1. The number of nitrogens with one attached hydrogen (secondary N) is 1. The monoisotopic (exact) mass is 328 g/mol. The third-order valence-corrected chi connectivity index (χ3v) is 3.47. The number of hydrogen-bond acceptors (Lipinski definition) is 4. The van der Waals surface area contributed by atoms with E-state index < -0.39 is 11.9 Å². The van der Waals surface area contributed by atoms with E-state index in [2.05, 4.69) is 10.3 Å². The second kappa shape index (κ2) is 8.10. The summed E-state index contributed by atoms with van der Waals surface area (Å²) in [6, 6.07) is 10.4. The smallest absolute Gasteiger partial charge is 0.306 e. The van der Waals surface area contributed by atoms with Gasteiger partial charge in [0.25, 0.3) is 5.91 Å². The Morgan fingerprint density at radius 2 is 1.96 bits per heavy atom. The number of pyridine rings is 1. The van der Waals surface area contributed by atoms with Gasteiger partial charge < -0.3 is 15.2 Å². The highest BCUT2D eigenvalue weighted by atomic mass is 16.5. The van der Waals surface area contributed by atoms with Crippen LogP contribution in [0.2, 0.25) is 0 Å². The largest absolute Gasteiger partial charge is 0.481 e. The van der Waals surface area contributed by atoms with Crippen molar-refractivity contribution in [3.8, 4) is 5.88 Å². The molecule has 2 aromatic rings. The lowest BCUT2D eigenvalue weighted by molar-refractivity contribution is -0.141. The molecule has 0 radical (unpaired) electrons. The van der Waals surface area contributed by atoms with Gasteiger partial charge in [-0.3, -0.25) is 9.59 Å². The molecule has 0 bridgehead atoms. The summed E-state index contributed by atoms with van der Waals surface area (Å²) >= 11 is 0. The van der Waals surface area contributed by atoms with Crippen molar-refractivity contribution in [2.24, 2.45) is 5.92 Å². The maximum atomic E-state index is 12.4. The average molecular weight is 328 g/mol. The fourth-order valence-electron chi connectivity index (χ4n) is 2.18. The van der Waals surface area contributed by atoms with Crippen molar-refractivity contribution in [2.75, 3.05) is 11.9 Å². The van der Waals surface area contributed by atoms with Gasteiger partial charge >= 0.3 is 5.97 Å².